The molecule has 1 aromatic heterocycles. The summed E-state index contributed by atoms with van der Waals surface area (Å²) < 4.78 is 38.3. The van der Waals surface area contributed by atoms with Crippen molar-refractivity contribution in [3.63, 3.8) is 0 Å². The third-order valence-electron chi connectivity index (χ3n) is 4.54. The molecule has 11 heteroatoms. The van der Waals surface area contributed by atoms with Gasteiger partial charge in [-0.2, -0.15) is 0 Å². The first-order valence-electron chi connectivity index (χ1n) is 9.90. The molecule has 0 fully saturated rings. The van der Waals surface area contributed by atoms with E-state index in [1.165, 1.54) is 54.5 Å². The van der Waals surface area contributed by atoms with Gasteiger partial charge >= 0.3 is 5.97 Å². The van der Waals surface area contributed by atoms with Crippen LogP contribution < -0.4 is 14.4 Å². The van der Waals surface area contributed by atoms with Gasteiger partial charge in [-0.3, -0.25) is 14.4 Å². The summed E-state index contributed by atoms with van der Waals surface area (Å²) >= 11 is 1.27. The number of nitrogens with one attached hydrogen (secondary N) is 1. The SMILES string of the molecule is CCN(C(C)=O)c1nc(COC(=O)c2cccc(S(=O)(=O)Nc3ccc(OC)cc3)c2)cs1. The van der Waals surface area contributed by atoms with Crippen molar-refractivity contribution >= 4 is 44.1 Å². The predicted octanol–water partition coefficient (Wildman–Crippen LogP) is 3.68. The molecule has 174 valence electrons. The van der Waals surface area contributed by atoms with Crippen LogP contribution in [0.3, 0.4) is 0 Å². The number of esters is 1. The molecular weight excluding hydrogens is 466 g/mol. The van der Waals surface area contributed by atoms with E-state index in [4.69, 9.17) is 9.47 Å². The number of carbonyl (C=O) groups is 2. The normalized spacial score (nSPS) is 11.0. The molecule has 0 aliphatic heterocycles. The lowest BCUT2D eigenvalue weighted by atomic mass is 10.2. The largest absolute Gasteiger partial charge is 0.497 e. The van der Waals surface area contributed by atoms with E-state index in [-0.39, 0.29) is 23.0 Å². The summed E-state index contributed by atoms with van der Waals surface area (Å²) in [6, 6.07) is 12.0. The van der Waals surface area contributed by atoms with E-state index in [9.17, 15) is 18.0 Å². The van der Waals surface area contributed by atoms with Crippen LogP contribution in [-0.2, 0) is 26.2 Å². The number of nitrogens with zero attached hydrogens (tertiary/aromatic N) is 2. The highest BCUT2D eigenvalue weighted by Crippen LogP contribution is 2.22. The Morgan fingerprint density at radius 3 is 2.52 bits per heavy atom. The van der Waals surface area contributed by atoms with E-state index in [1.807, 2.05) is 6.92 Å². The fraction of sp³-hybridized carbons (Fsp3) is 0.227. The molecule has 0 aliphatic rings. The standard InChI is InChI=1S/C22H23N3O6S2/c1-4-25(15(2)26)22-23-18(14-32-22)13-31-21(27)16-6-5-7-20(12-16)33(28,29)24-17-8-10-19(30-3)11-9-17/h5-12,14,24H,4,13H2,1-3H3. The number of rotatable bonds is 9. The fourth-order valence-electron chi connectivity index (χ4n) is 2.87. The lowest BCUT2D eigenvalue weighted by molar-refractivity contribution is -0.116. The summed E-state index contributed by atoms with van der Waals surface area (Å²) in [6.45, 7) is 3.67. The Kier molecular flexibility index (Phi) is 7.67. The molecule has 33 heavy (non-hydrogen) atoms. The van der Waals surface area contributed by atoms with E-state index in [2.05, 4.69) is 9.71 Å². The van der Waals surface area contributed by atoms with Crippen LogP contribution in [0.5, 0.6) is 5.75 Å². The maximum atomic E-state index is 12.7. The molecule has 0 unspecified atom stereocenters. The number of hydrogen-bond acceptors (Lipinski definition) is 8. The molecule has 1 N–H and O–H groups in total. The minimum absolute atomic E-state index is 0.0799. The number of amides is 1. The van der Waals surface area contributed by atoms with Crippen molar-refractivity contribution in [3.8, 4) is 5.75 Å². The number of ether oxygens (including phenoxy) is 2. The van der Waals surface area contributed by atoms with E-state index >= 15 is 0 Å². The summed E-state index contributed by atoms with van der Waals surface area (Å²) in [5, 5.41) is 2.22. The van der Waals surface area contributed by atoms with Gasteiger partial charge in [0, 0.05) is 24.5 Å². The number of benzene rings is 2. The first-order valence-corrected chi connectivity index (χ1v) is 12.3. The van der Waals surface area contributed by atoms with Crippen LogP contribution in [-0.4, -0.2) is 38.9 Å². The molecule has 3 rings (SSSR count). The number of sulfonamides is 1. The minimum Gasteiger partial charge on any atom is -0.497 e. The van der Waals surface area contributed by atoms with E-state index < -0.39 is 16.0 Å². The van der Waals surface area contributed by atoms with Gasteiger partial charge in [0.2, 0.25) is 5.91 Å². The zero-order chi connectivity index (χ0) is 24.0. The molecule has 0 bridgehead atoms. The van der Waals surface area contributed by atoms with Crippen LogP contribution in [0.15, 0.2) is 58.8 Å². The Hall–Kier alpha value is -3.44. The number of carbonyl (C=O) groups excluding carboxylic acids is 2. The van der Waals surface area contributed by atoms with Gasteiger partial charge < -0.3 is 9.47 Å². The summed E-state index contributed by atoms with van der Waals surface area (Å²) in [4.78, 5) is 29.9. The lowest BCUT2D eigenvalue weighted by Crippen LogP contribution is -2.27. The number of anilines is 2. The molecule has 0 aliphatic carbocycles. The minimum atomic E-state index is -3.92. The topological polar surface area (TPSA) is 115 Å². The number of thiazole rings is 1. The monoisotopic (exact) mass is 489 g/mol. The van der Waals surface area contributed by atoms with Crippen molar-refractivity contribution < 1.29 is 27.5 Å². The zero-order valence-electron chi connectivity index (χ0n) is 18.3. The van der Waals surface area contributed by atoms with Crippen molar-refractivity contribution in [2.24, 2.45) is 0 Å². The van der Waals surface area contributed by atoms with E-state index in [0.29, 0.717) is 28.8 Å². The van der Waals surface area contributed by atoms with Crippen LogP contribution in [0.25, 0.3) is 0 Å². The third kappa shape index (κ3) is 6.08. The van der Waals surface area contributed by atoms with Gasteiger partial charge in [-0.25, -0.2) is 18.2 Å². The molecule has 1 amide bonds. The average Bonchev–Trinajstić information content (AvgIpc) is 3.26. The highest BCUT2D eigenvalue weighted by molar-refractivity contribution is 7.92. The fourth-order valence-corrected chi connectivity index (χ4v) is 4.89. The van der Waals surface area contributed by atoms with Crippen LogP contribution in [0.4, 0.5) is 10.8 Å². The highest BCUT2D eigenvalue weighted by atomic mass is 32.2. The molecule has 0 saturated heterocycles. The molecule has 3 aromatic rings. The number of methoxy groups -OCH3 is 1. The Morgan fingerprint density at radius 1 is 1.15 bits per heavy atom. The van der Waals surface area contributed by atoms with Crippen molar-refractivity contribution in [1.29, 1.82) is 0 Å². The van der Waals surface area contributed by atoms with Crippen LogP contribution in [0.1, 0.15) is 29.9 Å². The van der Waals surface area contributed by atoms with Gasteiger partial charge in [-0.15, -0.1) is 11.3 Å². The summed E-state index contributed by atoms with van der Waals surface area (Å²) in [5.41, 5.74) is 0.935. The van der Waals surface area contributed by atoms with Crippen LogP contribution in [0.2, 0.25) is 0 Å². The number of hydrogen-bond donors (Lipinski definition) is 1. The summed E-state index contributed by atoms with van der Waals surface area (Å²) in [5.74, 6) is -0.222. The van der Waals surface area contributed by atoms with Crippen molar-refractivity contribution in [3.05, 3.63) is 65.2 Å². The summed E-state index contributed by atoms with van der Waals surface area (Å²) in [7, 11) is -2.40. The Bertz CT molecular complexity index is 1240. The number of aromatic nitrogens is 1. The molecule has 9 nitrogen and oxygen atoms in total. The summed E-state index contributed by atoms with van der Waals surface area (Å²) in [6.07, 6.45) is 0. The second kappa shape index (κ2) is 10.5. The lowest BCUT2D eigenvalue weighted by Gasteiger charge is -2.14. The Morgan fingerprint density at radius 2 is 1.88 bits per heavy atom. The second-order valence-electron chi connectivity index (χ2n) is 6.82. The first kappa shape index (κ1) is 24.2. The molecule has 0 radical (unpaired) electrons. The second-order valence-corrected chi connectivity index (χ2v) is 9.34. The van der Waals surface area contributed by atoms with Crippen LogP contribution in [0, 0.1) is 0 Å². The average molecular weight is 490 g/mol. The van der Waals surface area contributed by atoms with Gasteiger partial charge in [0.05, 0.1) is 23.3 Å². The zero-order valence-corrected chi connectivity index (χ0v) is 19.9. The maximum absolute atomic E-state index is 12.7. The van der Waals surface area contributed by atoms with Crippen molar-refractivity contribution in [2.45, 2.75) is 25.3 Å². The van der Waals surface area contributed by atoms with Gasteiger partial charge in [-0.05, 0) is 49.4 Å². The predicted molar refractivity (Wildman–Crippen MR) is 125 cm³/mol. The third-order valence-corrected chi connectivity index (χ3v) is 6.83. The molecular formula is C22H23N3O6S2. The molecule has 0 atom stereocenters. The smallest absolute Gasteiger partial charge is 0.338 e. The van der Waals surface area contributed by atoms with Gasteiger partial charge in [0.25, 0.3) is 10.0 Å². The Balaban J connectivity index is 1.67. The van der Waals surface area contributed by atoms with Crippen molar-refractivity contribution in [1.82, 2.24) is 4.98 Å². The first-order chi connectivity index (χ1) is 15.7. The molecule has 0 spiro atoms. The maximum Gasteiger partial charge on any atom is 0.338 e. The van der Waals surface area contributed by atoms with E-state index in [1.54, 1.807) is 29.6 Å². The van der Waals surface area contributed by atoms with Gasteiger partial charge in [0.1, 0.15) is 12.4 Å². The quantitative estimate of drug-likeness (QED) is 0.456. The van der Waals surface area contributed by atoms with Gasteiger partial charge in [-0.1, -0.05) is 6.07 Å². The van der Waals surface area contributed by atoms with Gasteiger partial charge in [0.15, 0.2) is 5.13 Å². The molecule has 2 aromatic carbocycles. The molecule has 1 heterocycles. The highest BCUT2D eigenvalue weighted by Gasteiger charge is 2.18. The molecule has 0 saturated carbocycles. The van der Waals surface area contributed by atoms with Crippen LogP contribution >= 0.6 is 11.3 Å². The van der Waals surface area contributed by atoms with E-state index in [0.717, 1.165) is 0 Å². The Labute approximate surface area is 196 Å². The van der Waals surface area contributed by atoms with Crippen molar-refractivity contribution in [2.75, 3.05) is 23.3 Å².